The molecule has 0 bridgehead atoms. The summed E-state index contributed by atoms with van der Waals surface area (Å²) in [5.74, 6) is 0.0228. The summed E-state index contributed by atoms with van der Waals surface area (Å²) in [6.45, 7) is 4.14. The van der Waals surface area contributed by atoms with E-state index in [-0.39, 0.29) is 12.1 Å². The fourth-order valence-electron chi connectivity index (χ4n) is 2.09. The molecule has 5 nitrogen and oxygen atoms in total. The van der Waals surface area contributed by atoms with Gasteiger partial charge in [-0.15, -0.1) is 11.8 Å². The highest BCUT2D eigenvalue weighted by Crippen LogP contribution is 2.21. The van der Waals surface area contributed by atoms with Crippen LogP contribution in [0.15, 0.2) is 0 Å². The molecule has 1 aliphatic heterocycles. The van der Waals surface area contributed by atoms with E-state index in [0.717, 1.165) is 12.8 Å². The predicted octanol–water partition coefficient (Wildman–Crippen LogP) is 2.51. The van der Waals surface area contributed by atoms with E-state index in [0.29, 0.717) is 11.6 Å². The number of nitrogens with zero attached hydrogens (tertiary/aromatic N) is 1. The average molecular weight is 288 g/mol. The molecule has 0 radical (unpaired) electrons. The summed E-state index contributed by atoms with van der Waals surface area (Å²) in [5, 5.41) is 11.9. The Labute approximate surface area is 119 Å². The molecule has 0 aromatic heterocycles. The van der Waals surface area contributed by atoms with Crippen LogP contribution in [0.1, 0.15) is 46.0 Å². The van der Waals surface area contributed by atoms with E-state index >= 15 is 0 Å². The second-order valence-corrected chi connectivity index (χ2v) is 6.02. The van der Waals surface area contributed by atoms with E-state index in [4.69, 9.17) is 5.11 Å². The molecule has 1 unspecified atom stereocenters. The minimum absolute atomic E-state index is 0.101. The van der Waals surface area contributed by atoms with Gasteiger partial charge in [0, 0.05) is 11.8 Å². The van der Waals surface area contributed by atoms with Gasteiger partial charge in [0.1, 0.15) is 6.04 Å². The molecule has 2 amide bonds. The maximum atomic E-state index is 12.0. The lowest BCUT2D eigenvalue weighted by Gasteiger charge is -2.23. The maximum Gasteiger partial charge on any atom is 0.327 e. The van der Waals surface area contributed by atoms with Crippen LogP contribution in [0.4, 0.5) is 4.79 Å². The van der Waals surface area contributed by atoms with Gasteiger partial charge in [0.05, 0.1) is 5.88 Å². The number of carboxylic acid groups (broad SMARTS) is 1. The van der Waals surface area contributed by atoms with Gasteiger partial charge in [-0.2, -0.15) is 0 Å². The summed E-state index contributed by atoms with van der Waals surface area (Å²) >= 11 is 1.48. The summed E-state index contributed by atoms with van der Waals surface area (Å²) < 4.78 is 0. The first kappa shape index (κ1) is 16.1. The van der Waals surface area contributed by atoms with Crippen LogP contribution in [0.25, 0.3) is 0 Å². The van der Waals surface area contributed by atoms with Gasteiger partial charge in [-0.3, -0.25) is 0 Å². The highest BCUT2D eigenvalue weighted by molar-refractivity contribution is 7.99. The summed E-state index contributed by atoms with van der Waals surface area (Å²) in [6, 6.07) is -0.831. The number of nitrogens with one attached hydrogen (secondary N) is 1. The normalized spacial score (nSPS) is 20.3. The number of carboxylic acids is 1. The number of carbonyl (C=O) groups excluding carboxylic acids is 1. The molecule has 2 N–H and O–H groups in total. The lowest BCUT2D eigenvalue weighted by Crippen LogP contribution is -2.49. The molecular formula is C13H24N2O3S. The van der Waals surface area contributed by atoms with Gasteiger partial charge in [0.2, 0.25) is 0 Å². The molecule has 1 saturated heterocycles. The minimum atomic E-state index is -0.921. The van der Waals surface area contributed by atoms with Crippen LogP contribution in [0.5, 0.6) is 0 Å². The summed E-state index contributed by atoms with van der Waals surface area (Å²) in [5.41, 5.74) is 0. The smallest absolute Gasteiger partial charge is 0.327 e. The lowest BCUT2D eigenvalue weighted by atomic mass is 10.1. The van der Waals surface area contributed by atoms with Crippen LogP contribution in [0.2, 0.25) is 0 Å². The number of urea groups is 1. The molecule has 0 aromatic rings. The third kappa shape index (κ3) is 5.30. The van der Waals surface area contributed by atoms with Crippen molar-refractivity contribution in [3.8, 4) is 0 Å². The van der Waals surface area contributed by atoms with Crippen LogP contribution in [-0.4, -0.2) is 45.7 Å². The van der Waals surface area contributed by atoms with Crippen LogP contribution < -0.4 is 5.32 Å². The number of hydrogen-bond acceptors (Lipinski definition) is 3. The van der Waals surface area contributed by atoms with E-state index in [1.165, 1.54) is 35.9 Å². The molecule has 2 atom stereocenters. The molecule has 1 fully saturated rings. The summed E-state index contributed by atoms with van der Waals surface area (Å²) in [7, 11) is 0. The Morgan fingerprint density at radius 3 is 2.79 bits per heavy atom. The second-order valence-electron chi connectivity index (χ2n) is 5.02. The SMILES string of the molecule is CCCCCCC(C)NC(=O)N1CSC[C@@H]1C(=O)O. The Morgan fingerprint density at radius 1 is 1.42 bits per heavy atom. The number of hydrogen-bond donors (Lipinski definition) is 2. The monoisotopic (exact) mass is 288 g/mol. The molecule has 1 rings (SSSR count). The molecule has 0 spiro atoms. The zero-order chi connectivity index (χ0) is 14.3. The second kappa shape index (κ2) is 8.30. The van der Waals surface area contributed by atoms with Crippen molar-refractivity contribution in [3.05, 3.63) is 0 Å². The van der Waals surface area contributed by atoms with Gasteiger partial charge >= 0.3 is 12.0 Å². The Balaban J connectivity index is 2.31. The predicted molar refractivity (Wildman–Crippen MR) is 77.3 cm³/mol. The molecular weight excluding hydrogens is 264 g/mol. The van der Waals surface area contributed by atoms with Crippen LogP contribution >= 0.6 is 11.8 Å². The van der Waals surface area contributed by atoms with Crippen molar-refractivity contribution >= 4 is 23.8 Å². The first-order valence-electron chi connectivity index (χ1n) is 6.94. The van der Waals surface area contributed by atoms with Crippen LogP contribution in [0, 0.1) is 0 Å². The standard InChI is InChI=1S/C13H24N2O3S/c1-3-4-5-6-7-10(2)14-13(18)15-9-19-8-11(15)12(16)17/h10-11H,3-9H2,1-2H3,(H,14,18)(H,16,17)/t10?,11-/m1/s1. The quantitative estimate of drug-likeness (QED) is 0.706. The van der Waals surface area contributed by atoms with E-state index in [9.17, 15) is 9.59 Å². The van der Waals surface area contributed by atoms with E-state index in [1.54, 1.807) is 0 Å². The van der Waals surface area contributed by atoms with Gasteiger partial charge in [0.15, 0.2) is 0 Å². The van der Waals surface area contributed by atoms with Gasteiger partial charge in [-0.25, -0.2) is 9.59 Å². The van der Waals surface area contributed by atoms with Gasteiger partial charge in [0.25, 0.3) is 0 Å². The van der Waals surface area contributed by atoms with Crippen LogP contribution in [-0.2, 0) is 4.79 Å². The maximum absolute atomic E-state index is 12.0. The molecule has 110 valence electrons. The zero-order valence-electron chi connectivity index (χ0n) is 11.7. The van der Waals surface area contributed by atoms with E-state index in [1.807, 2.05) is 6.92 Å². The summed E-state index contributed by atoms with van der Waals surface area (Å²) in [6.07, 6.45) is 5.67. The number of carbonyl (C=O) groups is 2. The number of thioether (sulfide) groups is 1. The van der Waals surface area contributed by atoms with Crippen molar-refractivity contribution in [3.63, 3.8) is 0 Å². The number of amides is 2. The first-order chi connectivity index (χ1) is 9.06. The largest absolute Gasteiger partial charge is 0.480 e. The van der Waals surface area contributed by atoms with Crippen LogP contribution in [0.3, 0.4) is 0 Å². The van der Waals surface area contributed by atoms with Crippen molar-refractivity contribution in [2.24, 2.45) is 0 Å². The third-order valence-electron chi connectivity index (χ3n) is 3.29. The Bertz CT molecular complexity index is 312. The molecule has 1 heterocycles. The number of rotatable bonds is 7. The Morgan fingerprint density at radius 2 is 2.16 bits per heavy atom. The van der Waals surface area contributed by atoms with Gasteiger partial charge in [-0.05, 0) is 13.3 Å². The van der Waals surface area contributed by atoms with E-state index in [2.05, 4.69) is 12.2 Å². The highest BCUT2D eigenvalue weighted by atomic mass is 32.2. The average Bonchev–Trinajstić information content (AvgIpc) is 2.84. The van der Waals surface area contributed by atoms with Gasteiger partial charge < -0.3 is 15.3 Å². The summed E-state index contributed by atoms with van der Waals surface area (Å²) in [4.78, 5) is 24.4. The zero-order valence-corrected chi connectivity index (χ0v) is 12.5. The fraction of sp³-hybridized carbons (Fsp3) is 0.846. The first-order valence-corrected chi connectivity index (χ1v) is 8.09. The molecule has 6 heteroatoms. The Hall–Kier alpha value is -0.910. The Kier molecular flexibility index (Phi) is 7.05. The molecule has 0 saturated carbocycles. The topological polar surface area (TPSA) is 69.6 Å². The molecule has 1 aliphatic rings. The fourth-order valence-corrected chi connectivity index (χ4v) is 3.24. The molecule has 19 heavy (non-hydrogen) atoms. The lowest BCUT2D eigenvalue weighted by molar-refractivity contribution is -0.140. The number of unbranched alkanes of at least 4 members (excludes halogenated alkanes) is 3. The van der Waals surface area contributed by atoms with E-state index < -0.39 is 12.0 Å². The van der Waals surface area contributed by atoms with Gasteiger partial charge in [-0.1, -0.05) is 32.6 Å². The van der Waals surface area contributed by atoms with Crippen molar-refractivity contribution < 1.29 is 14.7 Å². The molecule has 0 aliphatic carbocycles. The van der Waals surface area contributed by atoms with Crippen molar-refractivity contribution in [1.29, 1.82) is 0 Å². The third-order valence-corrected chi connectivity index (χ3v) is 4.30. The highest BCUT2D eigenvalue weighted by Gasteiger charge is 2.34. The number of aliphatic carboxylic acids is 1. The molecule has 0 aromatic carbocycles. The van der Waals surface area contributed by atoms with Crippen molar-refractivity contribution in [2.75, 3.05) is 11.6 Å². The van der Waals surface area contributed by atoms with Crippen molar-refractivity contribution in [2.45, 2.75) is 58.0 Å². The van der Waals surface area contributed by atoms with Crippen molar-refractivity contribution in [1.82, 2.24) is 10.2 Å². The minimum Gasteiger partial charge on any atom is -0.480 e.